The number of rotatable bonds is 4. The summed E-state index contributed by atoms with van der Waals surface area (Å²) < 4.78 is 25.0. The number of aryl methyl sites for hydroxylation is 1. The van der Waals surface area contributed by atoms with Crippen molar-refractivity contribution in [2.75, 3.05) is 11.2 Å². The van der Waals surface area contributed by atoms with E-state index >= 15 is 0 Å². The van der Waals surface area contributed by atoms with E-state index in [1.54, 1.807) is 0 Å². The van der Waals surface area contributed by atoms with Crippen LogP contribution in [0, 0.1) is 0 Å². The fraction of sp³-hybridized carbons (Fsp3) is 0.500. The lowest BCUT2D eigenvalue weighted by atomic mass is 9.80. The maximum Gasteiger partial charge on any atom is 0.221 e. The Morgan fingerprint density at radius 3 is 2.67 bits per heavy atom. The number of nitrogens with one attached hydrogen (secondary N) is 1. The third kappa shape index (κ3) is 3.32. The predicted molar refractivity (Wildman–Crippen MR) is 74.1 cm³/mol. The summed E-state index contributed by atoms with van der Waals surface area (Å²) >= 11 is 2.91. The van der Waals surface area contributed by atoms with Crippen LogP contribution >= 0.6 is 15.9 Å². The zero-order valence-electron chi connectivity index (χ0n) is 9.89. The van der Waals surface area contributed by atoms with E-state index in [9.17, 15) is 13.5 Å². The highest BCUT2D eigenvalue weighted by Gasteiger charge is 2.32. The predicted octanol–water partition coefficient (Wildman–Crippen LogP) is 1.18. The number of alkyl halides is 1. The van der Waals surface area contributed by atoms with Crippen molar-refractivity contribution in [2.24, 2.45) is 0 Å². The lowest BCUT2D eigenvalue weighted by molar-refractivity contribution is 0.0318. The second-order valence-corrected chi connectivity index (χ2v) is 7.82. The van der Waals surface area contributed by atoms with Crippen LogP contribution in [0.5, 0.6) is 0 Å². The van der Waals surface area contributed by atoms with Gasteiger partial charge in [-0.2, -0.15) is 0 Å². The van der Waals surface area contributed by atoms with Crippen molar-refractivity contribution in [3.8, 4) is 0 Å². The molecule has 6 heteroatoms. The van der Waals surface area contributed by atoms with Crippen LogP contribution in [0.15, 0.2) is 24.3 Å². The van der Waals surface area contributed by atoms with Crippen LogP contribution in [0.1, 0.15) is 17.5 Å². The molecule has 1 unspecified atom stereocenters. The highest BCUT2D eigenvalue weighted by Crippen LogP contribution is 2.28. The third-order valence-corrected chi connectivity index (χ3v) is 5.94. The van der Waals surface area contributed by atoms with Crippen LogP contribution in [-0.2, 0) is 22.9 Å². The molecule has 1 aromatic rings. The molecule has 4 nitrogen and oxygen atoms in total. The van der Waals surface area contributed by atoms with E-state index in [4.69, 9.17) is 0 Å². The van der Waals surface area contributed by atoms with Gasteiger partial charge in [0.1, 0.15) is 4.66 Å². The molecule has 18 heavy (non-hydrogen) atoms. The molecule has 0 aromatic heterocycles. The average molecular weight is 334 g/mol. The van der Waals surface area contributed by atoms with Crippen LogP contribution in [0.2, 0.25) is 0 Å². The molecule has 0 bridgehead atoms. The number of hydrogen-bond donors (Lipinski definition) is 2. The molecule has 0 aliphatic heterocycles. The molecule has 0 heterocycles. The standard InChI is InChI=1S/C12H16BrNO3S/c13-9-18(16,17)14-8-12(15)6-5-10-3-1-2-4-11(10)7-12/h1-4,14-15H,5-9H2. The van der Waals surface area contributed by atoms with Crippen molar-refractivity contribution >= 4 is 26.0 Å². The molecule has 0 saturated carbocycles. The quantitative estimate of drug-likeness (QED) is 0.813. The van der Waals surface area contributed by atoms with Gasteiger partial charge < -0.3 is 5.11 Å². The van der Waals surface area contributed by atoms with Gasteiger partial charge in [-0.25, -0.2) is 13.1 Å². The van der Waals surface area contributed by atoms with Gasteiger partial charge in [0, 0.05) is 13.0 Å². The summed E-state index contributed by atoms with van der Waals surface area (Å²) in [6.07, 6.45) is 1.85. The second kappa shape index (κ2) is 5.28. The summed E-state index contributed by atoms with van der Waals surface area (Å²) in [6, 6.07) is 7.96. The van der Waals surface area contributed by atoms with Crippen molar-refractivity contribution in [3.05, 3.63) is 35.4 Å². The number of hydrogen-bond acceptors (Lipinski definition) is 3. The maximum absolute atomic E-state index is 11.4. The first-order chi connectivity index (χ1) is 8.44. The Labute approximate surface area is 116 Å². The van der Waals surface area contributed by atoms with Crippen LogP contribution in [0.3, 0.4) is 0 Å². The normalized spacial score (nSPS) is 23.7. The summed E-state index contributed by atoms with van der Waals surface area (Å²) in [5.41, 5.74) is 1.36. The average Bonchev–Trinajstić information content (AvgIpc) is 2.37. The lowest BCUT2D eigenvalue weighted by Crippen LogP contribution is -2.46. The minimum absolute atomic E-state index is 0.0647. The zero-order chi connectivity index (χ0) is 13.2. The summed E-state index contributed by atoms with van der Waals surface area (Å²) in [6.45, 7) is 0.0647. The molecular formula is C12H16BrNO3S. The first kappa shape index (κ1) is 14.0. The van der Waals surface area contributed by atoms with Gasteiger partial charge in [0.25, 0.3) is 0 Å². The van der Waals surface area contributed by atoms with Gasteiger partial charge in [0.05, 0.1) is 5.60 Å². The summed E-state index contributed by atoms with van der Waals surface area (Å²) in [5, 5.41) is 10.4. The van der Waals surface area contributed by atoms with E-state index in [1.165, 1.54) is 5.56 Å². The van der Waals surface area contributed by atoms with Crippen molar-refractivity contribution in [1.29, 1.82) is 0 Å². The monoisotopic (exact) mass is 333 g/mol. The molecule has 1 aliphatic carbocycles. The highest BCUT2D eigenvalue weighted by atomic mass is 79.9. The second-order valence-electron chi connectivity index (χ2n) is 4.71. The molecule has 0 amide bonds. The Kier molecular flexibility index (Phi) is 4.11. The van der Waals surface area contributed by atoms with Crippen LogP contribution in [0.25, 0.3) is 0 Å². The van der Waals surface area contributed by atoms with Crippen LogP contribution in [0.4, 0.5) is 0 Å². The number of halogens is 1. The summed E-state index contributed by atoms with van der Waals surface area (Å²) in [4.78, 5) is 0. The number of aliphatic hydroxyl groups is 1. The summed E-state index contributed by atoms with van der Waals surface area (Å²) in [7, 11) is -3.33. The first-order valence-electron chi connectivity index (χ1n) is 5.77. The van der Waals surface area contributed by atoms with E-state index in [1.807, 2.05) is 18.2 Å². The molecule has 2 rings (SSSR count). The van der Waals surface area contributed by atoms with Gasteiger partial charge in [-0.1, -0.05) is 40.2 Å². The third-order valence-electron chi connectivity index (χ3n) is 3.26. The molecular weight excluding hydrogens is 318 g/mol. The van der Waals surface area contributed by atoms with Crippen LogP contribution in [-0.4, -0.2) is 30.3 Å². The molecule has 1 aliphatic rings. The van der Waals surface area contributed by atoms with Gasteiger partial charge in [-0.05, 0) is 24.0 Å². The van der Waals surface area contributed by atoms with E-state index < -0.39 is 15.6 Å². The van der Waals surface area contributed by atoms with Gasteiger partial charge in [0.2, 0.25) is 10.0 Å². The van der Waals surface area contributed by atoms with E-state index in [-0.39, 0.29) is 11.2 Å². The number of sulfonamides is 1. The minimum Gasteiger partial charge on any atom is -0.388 e. The highest BCUT2D eigenvalue weighted by molar-refractivity contribution is 9.10. The SMILES string of the molecule is O=S(=O)(CBr)NCC1(O)CCc2ccccc2C1. The number of benzene rings is 1. The molecule has 0 radical (unpaired) electrons. The summed E-state index contributed by atoms with van der Waals surface area (Å²) in [5.74, 6) is 0. The largest absolute Gasteiger partial charge is 0.388 e. The van der Waals surface area contributed by atoms with E-state index in [0.29, 0.717) is 12.8 Å². The Balaban J connectivity index is 2.07. The maximum atomic E-state index is 11.4. The first-order valence-corrected chi connectivity index (χ1v) is 8.54. The molecule has 0 saturated heterocycles. The van der Waals surface area contributed by atoms with Gasteiger partial charge in [-0.3, -0.25) is 0 Å². The Bertz CT molecular complexity index is 532. The van der Waals surface area contributed by atoms with Gasteiger partial charge >= 0.3 is 0 Å². The molecule has 100 valence electrons. The fourth-order valence-electron chi connectivity index (χ4n) is 2.22. The topological polar surface area (TPSA) is 66.4 Å². The van der Waals surface area contributed by atoms with E-state index in [0.717, 1.165) is 12.0 Å². The van der Waals surface area contributed by atoms with Crippen molar-refractivity contribution in [3.63, 3.8) is 0 Å². The fourth-order valence-corrected chi connectivity index (χ4v) is 3.27. The van der Waals surface area contributed by atoms with Gasteiger partial charge in [-0.15, -0.1) is 0 Å². The van der Waals surface area contributed by atoms with Crippen molar-refractivity contribution in [2.45, 2.75) is 24.9 Å². The lowest BCUT2D eigenvalue weighted by Gasteiger charge is -2.33. The number of fused-ring (bicyclic) bond motifs is 1. The molecule has 1 aromatic carbocycles. The minimum atomic E-state index is -3.33. The van der Waals surface area contributed by atoms with Crippen molar-refractivity contribution < 1.29 is 13.5 Å². The Morgan fingerprint density at radius 1 is 1.33 bits per heavy atom. The zero-order valence-corrected chi connectivity index (χ0v) is 12.3. The smallest absolute Gasteiger partial charge is 0.221 e. The van der Waals surface area contributed by atoms with Gasteiger partial charge in [0.15, 0.2) is 0 Å². The van der Waals surface area contributed by atoms with Crippen molar-refractivity contribution in [1.82, 2.24) is 4.72 Å². The Hall–Kier alpha value is -0.430. The molecule has 0 spiro atoms. The molecule has 0 fully saturated rings. The van der Waals surface area contributed by atoms with E-state index in [2.05, 4.69) is 26.7 Å². The molecule has 2 N–H and O–H groups in total. The van der Waals surface area contributed by atoms with Crippen LogP contribution < -0.4 is 4.72 Å². The molecule has 1 atom stereocenters. The Morgan fingerprint density at radius 2 is 2.00 bits per heavy atom.